The molecule has 0 bridgehead atoms. The van der Waals surface area contributed by atoms with Gasteiger partial charge in [-0.25, -0.2) is 4.98 Å². The van der Waals surface area contributed by atoms with E-state index < -0.39 is 0 Å². The predicted octanol–water partition coefficient (Wildman–Crippen LogP) is 2.83. The summed E-state index contributed by atoms with van der Waals surface area (Å²) in [5.74, 6) is 2.43. The molecule has 1 atom stereocenters. The minimum Gasteiger partial charge on any atom is -0.449 e. The van der Waals surface area contributed by atoms with Gasteiger partial charge in [-0.3, -0.25) is 4.90 Å². The topological polar surface area (TPSA) is 58.3 Å². The third-order valence-electron chi connectivity index (χ3n) is 5.29. The smallest absolute Gasteiger partial charge is 0.191 e. The van der Waals surface area contributed by atoms with E-state index in [0.717, 1.165) is 62.2 Å². The molecular formula is C19H27N5O. The molecule has 0 N–H and O–H groups in total. The van der Waals surface area contributed by atoms with Crippen molar-refractivity contribution >= 4 is 5.82 Å². The van der Waals surface area contributed by atoms with Gasteiger partial charge in [-0.1, -0.05) is 0 Å². The fraction of sp³-hybridized carbons (Fsp3) is 0.632. The second-order valence-corrected chi connectivity index (χ2v) is 7.38. The molecule has 0 saturated carbocycles. The largest absolute Gasteiger partial charge is 0.449 e. The average Bonchev–Trinajstić information content (AvgIpc) is 3.28. The average molecular weight is 341 g/mol. The zero-order valence-corrected chi connectivity index (χ0v) is 15.0. The number of oxazole rings is 1. The van der Waals surface area contributed by atoms with E-state index in [1.807, 2.05) is 6.92 Å². The van der Waals surface area contributed by atoms with Gasteiger partial charge >= 0.3 is 0 Å². The maximum atomic E-state index is 5.32. The van der Waals surface area contributed by atoms with Crippen LogP contribution in [0.25, 0.3) is 0 Å². The van der Waals surface area contributed by atoms with Gasteiger partial charge in [0.25, 0.3) is 0 Å². The van der Waals surface area contributed by atoms with E-state index in [4.69, 9.17) is 4.42 Å². The van der Waals surface area contributed by atoms with Crippen LogP contribution in [0.5, 0.6) is 0 Å². The van der Waals surface area contributed by atoms with Gasteiger partial charge in [-0.05, 0) is 56.7 Å². The molecule has 4 heterocycles. The van der Waals surface area contributed by atoms with Gasteiger partial charge in [-0.15, -0.1) is 5.10 Å². The van der Waals surface area contributed by atoms with E-state index in [1.165, 1.54) is 25.7 Å². The van der Waals surface area contributed by atoms with Gasteiger partial charge in [0.2, 0.25) is 0 Å². The number of likely N-dealkylation sites (tertiary alicyclic amines) is 1. The highest BCUT2D eigenvalue weighted by atomic mass is 16.3. The zero-order valence-electron chi connectivity index (χ0n) is 15.0. The lowest BCUT2D eigenvalue weighted by Crippen LogP contribution is -2.36. The number of nitrogens with zero attached hydrogens (tertiary/aromatic N) is 5. The van der Waals surface area contributed by atoms with Crippen LogP contribution in [0.15, 0.2) is 22.8 Å². The molecule has 4 rings (SSSR count). The maximum Gasteiger partial charge on any atom is 0.191 e. The molecule has 25 heavy (non-hydrogen) atoms. The zero-order chi connectivity index (χ0) is 17.1. The standard InChI is InChI=1S/C19H27N5O/c1-15-20-18(14-25-15)13-23-8-4-5-16(12-23)11-17-6-7-19(22-21-17)24-9-2-3-10-24/h6-7,14,16H,2-5,8-13H2,1H3/t16-/m0/s1. The Bertz CT molecular complexity index is 677. The Morgan fingerprint density at radius 3 is 2.68 bits per heavy atom. The summed E-state index contributed by atoms with van der Waals surface area (Å²) in [6, 6.07) is 4.31. The van der Waals surface area contributed by atoms with Crippen LogP contribution < -0.4 is 4.90 Å². The first-order chi connectivity index (χ1) is 12.3. The van der Waals surface area contributed by atoms with Gasteiger partial charge in [0, 0.05) is 33.1 Å². The Labute approximate surface area is 149 Å². The first-order valence-electron chi connectivity index (χ1n) is 9.47. The van der Waals surface area contributed by atoms with Crippen molar-refractivity contribution in [1.29, 1.82) is 0 Å². The van der Waals surface area contributed by atoms with Gasteiger partial charge in [0.1, 0.15) is 6.26 Å². The fourth-order valence-corrected chi connectivity index (χ4v) is 4.04. The number of piperidine rings is 1. The first kappa shape index (κ1) is 16.5. The van der Waals surface area contributed by atoms with Crippen molar-refractivity contribution in [2.75, 3.05) is 31.1 Å². The van der Waals surface area contributed by atoms with Crippen molar-refractivity contribution in [3.8, 4) is 0 Å². The third-order valence-corrected chi connectivity index (χ3v) is 5.29. The third kappa shape index (κ3) is 4.18. The van der Waals surface area contributed by atoms with Crippen LogP contribution in [-0.2, 0) is 13.0 Å². The van der Waals surface area contributed by atoms with E-state index in [2.05, 4.69) is 37.1 Å². The number of aryl methyl sites for hydroxylation is 1. The number of anilines is 1. The van der Waals surface area contributed by atoms with E-state index in [-0.39, 0.29) is 0 Å². The summed E-state index contributed by atoms with van der Waals surface area (Å²) in [5, 5.41) is 8.95. The minimum atomic E-state index is 0.647. The van der Waals surface area contributed by atoms with Crippen LogP contribution in [0.3, 0.4) is 0 Å². The molecule has 2 aliphatic heterocycles. The summed E-state index contributed by atoms with van der Waals surface area (Å²) in [6.07, 6.45) is 7.84. The number of rotatable bonds is 5. The number of hydrogen-bond acceptors (Lipinski definition) is 6. The van der Waals surface area contributed by atoms with E-state index >= 15 is 0 Å². The molecule has 0 unspecified atom stereocenters. The molecule has 0 amide bonds. The van der Waals surface area contributed by atoms with Crippen molar-refractivity contribution in [1.82, 2.24) is 20.1 Å². The second-order valence-electron chi connectivity index (χ2n) is 7.38. The van der Waals surface area contributed by atoms with Crippen molar-refractivity contribution < 1.29 is 4.42 Å². The minimum absolute atomic E-state index is 0.647. The number of aromatic nitrogens is 3. The van der Waals surface area contributed by atoms with Crippen molar-refractivity contribution in [3.63, 3.8) is 0 Å². The van der Waals surface area contributed by atoms with Crippen molar-refractivity contribution in [2.24, 2.45) is 5.92 Å². The van der Waals surface area contributed by atoms with Crippen molar-refractivity contribution in [2.45, 2.75) is 45.6 Å². The first-order valence-corrected chi connectivity index (χ1v) is 9.47. The summed E-state index contributed by atoms with van der Waals surface area (Å²) in [4.78, 5) is 9.24. The molecule has 2 aromatic heterocycles. The summed E-state index contributed by atoms with van der Waals surface area (Å²) < 4.78 is 5.32. The van der Waals surface area contributed by atoms with Gasteiger partial charge in [-0.2, -0.15) is 5.10 Å². The summed E-state index contributed by atoms with van der Waals surface area (Å²) in [6.45, 7) is 7.25. The van der Waals surface area contributed by atoms with Crippen LogP contribution in [0.2, 0.25) is 0 Å². The molecule has 2 aromatic rings. The molecule has 6 nitrogen and oxygen atoms in total. The van der Waals surface area contributed by atoms with Gasteiger partial charge in [0.15, 0.2) is 11.7 Å². The van der Waals surface area contributed by atoms with Crippen LogP contribution in [0.4, 0.5) is 5.82 Å². The molecule has 134 valence electrons. The Kier molecular flexibility index (Phi) is 4.97. The highest BCUT2D eigenvalue weighted by Crippen LogP contribution is 2.22. The fourth-order valence-electron chi connectivity index (χ4n) is 4.04. The molecule has 2 aliphatic rings. The monoisotopic (exact) mass is 341 g/mol. The Morgan fingerprint density at radius 1 is 1.08 bits per heavy atom. The predicted molar refractivity (Wildman–Crippen MR) is 96.4 cm³/mol. The van der Waals surface area contributed by atoms with E-state index in [9.17, 15) is 0 Å². The quantitative estimate of drug-likeness (QED) is 0.833. The molecule has 2 fully saturated rings. The molecule has 0 radical (unpaired) electrons. The van der Waals surface area contributed by atoms with Crippen LogP contribution >= 0.6 is 0 Å². The SMILES string of the molecule is Cc1nc(CN2CCC[C@@H](Cc3ccc(N4CCCC4)nn3)C2)co1. The van der Waals surface area contributed by atoms with Crippen LogP contribution in [0.1, 0.15) is 43.0 Å². The second kappa shape index (κ2) is 7.52. The molecule has 0 aromatic carbocycles. The van der Waals surface area contributed by atoms with E-state index in [1.54, 1.807) is 6.26 Å². The van der Waals surface area contributed by atoms with E-state index in [0.29, 0.717) is 5.92 Å². The summed E-state index contributed by atoms with van der Waals surface area (Å²) in [7, 11) is 0. The normalized spacial score (nSPS) is 21.8. The molecule has 6 heteroatoms. The maximum absolute atomic E-state index is 5.32. The highest BCUT2D eigenvalue weighted by molar-refractivity contribution is 5.38. The van der Waals surface area contributed by atoms with Gasteiger partial charge in [0.05, 0.1) is 11.4 Å². The molecule has 2 saturated heterocycles. The number of hydrogen-bond donors (Lipinski definition) is 0. The molecule has 0 aliphatic carbocycles. The van der Waals surface area contributed by atoms with Crippen LogP contribution in [0, 0.1) is 12.8 Å². The summed E-state index contributed by atoms with van der Waals surface area (Å²) in [5.41, 5.74) is 2.15. The lowest BCUT2D eigenvalue weighted by molar-refractivity contribution is 0.164. The lowest BCUT2D eigenvalue weighted by atomic mass is 9.93. The summed E-state index contributed by atoms with van der Waals surface area (Å²) >= 11 is 0. The Balaban J connectivity index is 1.32. The Morgan fingerprint density at radius 2 is 1.96 bits per heavy atom. The Hall–Kier alpha value is -1.95. The molecule has 0 spiro atoms. The van der Waals surface area contributed by atoms with Crippen LogP contribution in [-0.4, -0.2) is 46.3 Å². The van der Waals surface area contributed by atoms with Gasteiger partial charge < -0.3 is 9.32 Å². The highest BCUT2D eigenvalue weighted by Gasteiger charge is 2.22. The van der Waals surface area contributed by atoms with Crippen molar-refractivity contribution in [3.05, 3.63) is 35.7 Å². The molecular weight excluding hydrogens is 314 g/mol. The lowest BCUT2D eigenvalue weighted by Gasteiger charge is -2.32.